The summed E-state index contributed by atoms with van der Waals surface area (Å²) < 4.78 is 5.17. The lowest BCUT2D eigenvalue weighted by molar-refractivity contribution is 0.173. The number of anilines is 1. The zero-order chi connectivity index (χ0) is 21.4. The Labute approximate surface area is 171 Å². The lowest BCUT2D eigenvalue weighted by Crippen LogP contribution is -2.22. The predicted octanol–water partition coefficient (Wildman–Crippen LogP) is 2.31. The fourth-order valence-corrected chi connectivity index (χ4v) is 3.07. The van der Waals surface area contributed by atoms with Gasteiger partial charge in [-0.1, -0.05) is 6.92 Å². The van der Waals surface area contributed by atoms with E-state index in [4.69, 9.17) is 21.6 Å². The quantitative estimate of drug-likeness (QED) is 0.307. The molecule has 0 saturated heterocycles. The molecule has 0 spiro atoms. The van der Waals surface area contributed by atoms with Gasteiger partial charge < -0.3 is 32.2 Å². The van der Waals surface area contributed by atoms with Crippen molar-refractivity contribution >= 4 is 22.6 Å². The maximum atomic E-state index is 8.03. The van der Waals surface area contributed by atoms with Crippen LogP contribution >= 0.6 is 0 Å². The third kappa shape index (κ3) is 6.00. The lowest BCUT2D eigenvalue weighted by Gasteiger charge is -2.16. The molecule has 0 radical (unpaired) electrons. The molecule has 0 aliphatic carbocycles. The number of methoxy groups -OCH3 is 1. The van der Waals surface area contributed by atoms with Crippen LogP contribution in [-0.2, 0) is 4.74 Å². The van der Waals surface area contributed by atoms with Crippen molar-refractivity contribution in [3.05, 3.63) is 53.6 Å². The first-order chi connectivity index (χ1) is 13.9. The zero-order valence-corrected chi connectivity index (χ0v) is 17.5. The molecule has 2 rings (SSSR count). The molecule has 0 aliphatic heterocycles. The van der Waals surface area contributed by atoms with Gasteiger partial charge in [-0.3, -0.25) is 4.98 Å². The zero-order valence-electron chi connectivity index (χ0n) is 17.5. The molecular weight excluding hydrogens is 366 g/mol. The van der Waals surface area contributed by atoms with Crippen LogP contribution in [0.4, 0.5) is 5.82 Å². The number of pyridine rings is 2. The molecule has 2 heterocycles. The summed E-state index contributed by atoms with van der Waals surface area (Å²) in [5.41, 5.74) is 15.8. The van der Waals surface area contributed by atoms with Gasteiger partial charge in [0.1, 0.15) is 11.6 Å². The molecule has 8 nitrogen and oxygen atoms in total. The van der Waals surface area contributed by atoms with Crippen molar-refractivity contribution in [1.29, 1.82) is 5.41 Å². The Morgan fingerprint density at radius 2 is 2.10 bits per heavy atom. The number of allylic oxidation sites excluding steroid dienone is 1. The minimum Gasteiger partial charge on any atom is -0.404 e. The minimum atomic E-state index is -0.0418. The molecule has 29 heavy (non-hydrogen) atoms. The van der Waals surface area contributed by atoms with Crippen LogP contribution in [0.2, 0.25) is 0 Å². The van der Waals surface area contributed by atoms with Crippen LogP contribution in [0.3, 0.4) is 0 Å². The predicted molar refractivity (Wildman–Crippen MR) is 119 cm³/mol. The highest BCUT2D eigenvalue weighted by Gasteiger charge is 2.15. The first kappa shape index (κ1) is 22.3. The fraction of sp³-hybridized carbons (Fsp3) is 0.381. The second-order valence-electron chi connectivity index (χ2n) is 7.04. The molecule has 0 amide bonds. The van der Waals surface area contributed by atoms with Crippen LogP contribution in [0.5, 0.6) is 0 Å². The van der Waals surface area contributed by atoms with E-state index in [1.165, 1.54) is 6.20 Å². The van der Waals surface area contributed by atoms with E-state index in [1.54, 1.807) is 26.3 Å². The summed E-state index contributed by atoms with van der Waals surface area (Å²) in [7, 11) is 3.52. The summed E-state index contributed by atoms with van der Waals surface area (Å²) in [5.74, 6) is 1.12. The molecule has 156 valence electrons. The largest absolute Gasteiger partial charge is 0.404 e. The van der Waals surface area contributed by atoms with Gasteiger partial charge in [0.2, 0.25) is 0 Å². The number of aromatic nitrogens is 2. The highest BCUT2D eigenvalue weighted by atomic mass is 16.5. The summed E-state index contributed by atoms with van der Waals surface area (Å²) in [6.45, 7) is 5.04. The van der Waals surface area contributed by atoms with Gasteiger partial charge in [-0.15, -0.1) is 0 Å². The molecule has 0 saturated carbocycles. The van der Waals surface area contributed by atoms with E-state index in [2.05, 4.69) is 20.6 Å². The third-order valence-corrected chi connectivity index (χ3v) is 4.66. The van der Waals surface area contributed by atoms with Gasteiger partial charge in [0, 0.05) is 37.4 Å². The summed E-state index contributed by atoms with van der Waals surface area (Å²) in [6, 6.07) is 5.69. The molecule has 0 bridgehead atoms. The minimum absolute atomic E-state index is 0.0418. The number of rotatable bonds is 10. The van der Waals surface area contributed by atoms with Crippen molar-refractivity contribution in [2.45, 2.75) is 19.8 Å². The first-order valence-electron chi connectivity index (χ1n) is 9.50. The molecule has 2 aromatic rings. The topological polar surface area (TPSA) is 135 Å². The van der Waals surface area contributed by atoms with Gasteiger partial charge in [0.25, 0.3) is 0 Å². The summed E-state index contributed by atoms with van der Waals surface area (Å²) in [4.78, 5) is 9.12. The second-order valence-corrected chi connectivity index (χ2v) is 7.04. The summed E-state index contributed by atoms with van der Waals surface area (Å²) in [6.07, 6.45) is 5.12. The van der Waals surface area contributed by atoms with Crippen molar-refractivity contribution in [3.63, 3.8) is 0 Å². The Morgan fingerprint density at radius 3 is 2.72 bits per heavy atom. The van der Waals surface area contributed by atoms with E-state index >= 15 is 0 Å². The average Bonchev–Trinajstić information content (AvgIpc) is 2.69. The number of nitrogens with one attached hydrogen (secondary N) is 3. The van der Waals surface area contributed by atoms with Crippen molar-refractivity contribution in [1.82, 2.24) is 15.3 Å². The van der Waals surface area contributed by atoms with Crippen molar-refractivity contribution in [2.24, 2.45) is 17.4 Å². The molecule has 8 heteroatoms. The third-order valence-electron chi connectivity index (χ3n) is 4.66. The molecule has 7 N–H and O–H groups in total. The van der Waals surface area contributed by atoms with Crippen LogP contribution in [0.1, 0.15) is 25.3 Å². The van der Waals surface area contributed by atoms with Gasteiger partial charge in [-0.25, -0.2) is 4.98 Å². The molecule has 2 atom stereocenters. The number of nitrogens with two attached hydrogens (primary N) is 2. The smallest absolute Gasteiger partial charge is 0.132 e. The number of nitrogens with zero attached hydrogens (tertiary/aromatic N) is 2. The Hall–Kier alpha value is -2.97. The standard InChI is InChI=1S/C21H31N7O/c1-13(12-29-4)15(9-22)8-20(24)28-21-6-5-18-19(27-21)7-16(10-26-18)17(11-25-3)14(2)23/h5-10,13,17,23,25H,11-12,22,24H2,1-4H3,(H,27,28)/b15-9+,20-8+,23-14?. The van der Waals surface area contributed by atoms with E-state index in [1.807, 2.05) is 32.2 Å². The van der Waals surface area contributed by atoms with Crippen LogP contribution in [0.25, 0.3) is 11.0 Å². The maximum absolute atomic E-state index is 8.03. The molecule has 0 aliphatic rings. The first-order valence-corrected chi connectivity index (χ1v) is 9.50. The Morgan fingerprint density at radius 1 is 1.34 bits per heavy atom. The van der Waals surface area contributed by atoms with E-state index in [-0.39, 0.29) is 11.8 Å². The number of ether oxygens (including phenoxy) is 1. The highest BCUT2D eigenvalue weighted by molar-refractivity contribution is 5.87. The van der Waals surface area contributed by atoms with Crippen molar-refractivity contribution < 1.29 is 4.74 Å². The van der Waals surface area contributed by atoms with Gasteiger partial charge in [0.05, 0.1) is 17.6 Å². The number of likely N-dealkylation sites (N-methyl/N-ethyl adjacent to an activating group) is 1. The summed E-state index contributed by atoms with van der Waals surface area (Å²) >= 11 is 0. The van der Waals surface area contributed by atoms with E-state index in [0.717, 1.165) is 22.2 Å². The molecule has 2 unspecified atom stereocenters. The normalized spacial score (nSPS) is 14.6. The van der Waals surface area contributed by atoms with Crippen molar-refractivity contribution in [2.75, 3.05) is 32.6 Å². The van der Waals surface area contributed by atoms with Crippen LogP contribution < -0.4 is 22.1 Å². The van der Waals surface area contributed by atoms with Crippen LogP contribution in [0, 0.1) is 11.3 Å². The second kappa shape index (κ2) is 10.5. The Balaban J connectivity index is 2.28. The lowest BCUT2D eigenvalue weighted by atomic mass is 9.96. The van der Waals surface area contributed by atoms with E-state index in [0.29, 0.717) is 30.5 Å². The Kier molecular flexibility index (Phi) is 8.11. The fourth-order valence-electron chi connectivity index (χ4n) is 3.07. The van der Waals surface area contributed by atoms with Gasteiger partial charge in [-0.2, -0.15) is 0 Å². The Bertz CT molecular complexity index is 907. The van der Waals surface area contributed by atoms with E-state index < -0.39 is 0 Å². The molecular formula is C21H31N7O. The van der Waals surface area contributed by atoms with Crippen LogP contribution in [-0.4, -0.2) is 43.0 Å². The molecule has 0 aromatic carbocycles. The molecule has 0 fully saturated rings. The number of hydrogen-bond acceptors (Lipinski definition) is 8. The van der Waals surface area contributed by atoms with Gasteiger partial charge in [0.15, 0.2) is 0 Å². The summed E-state index contributed by atoms with van der Waals surface area (Å²) in [5, 5.41) is 14.3. The number of fused-ring (bicyclic) bond motifs is 1. The monoisotopic (exact) mass is 397 g/mol. The average molecular weight is 398 g/mol. The highest BCUT2D eigenvalue weighted by Crippen LogP contribution is 2.21. The van der Waals surface area contributed by atoms with Gasteiger partial charge >= 0.3 is 0 Å². The SMILES string of the molecule is CNCC(C(C)=N)c1cnc2ccc(N/C(N)=C/C(=C\N)C(C)COC)nc2c1. The maximum Gasteiger partial charge on any atom is 0.132 e. The van der Waals surface area contributed by atoms with Crippen molar-refractivity contribution in [3.8, 4) is 0 Å². The van der Waals surface area contributed by atoms with Crippen LogP contribution in [0.15, 0.2) is 48.1 Å². The molecule has 2 aromatic heterocycles. The number of hydrogen-bond donors (Lipinski definition) is 5. The van der Waals surface area contributed by atoms with E-state index in [9.17, 15) is 0 Å². The van der Waals surface area contributed by atoms with Gasteiger partial charge in [-0.05, 0) is 55.6 Å².